The molecule has 0 saturated carbocycles. The van der Waals surface area contributed by atoms with Gasteiger partial charge in [-0.3, -0.25) is 0 Å². The SMILES string of the molecule is CC(C)(C)c1csc(CC(N)CSc2ccccc2Cl)n1. The summed E-state index contributed by atoms with van der Waals surface area (Å²) >= 11 is 9.56. The predicted octanol–water partition coefficient (Wildman–Crippen LogP) is 4.76. The van der Waals surface area contributed by atoms with Gasteiger partial charge in [0.05, 0.1) is 15.7 Å². The summed E-state index contributed by atoms with van der Waals surface area (Å²) in [6.45, 7) is 6.54. The van der Waals surface area contributed by atoms with Crippen LogP contribution in [0.3, 0.4) is 0 Å². The minimum absolute atomic E-state index is 0.0882. The molecule has 0 fully saturated rings. The van der Waals surface area contributed by atoms with Gasteiger partial charge in [0.1, 0.15) is 0 Å². The molecule has 0 bridgehead atoms. The number of halogens is 1. The molecule has 1 atom stereocenters. The van der Waals surface area contributed by atoms with Crippen molar-refractivity contribution in [1.82, 2.24) is 4.98 Å². The maximum atomic E-state index is 6.22. The third-order valence-corrected chi connectivity index (χ3v) is 5.62. The number of rotatable bonds is 5. The van der Waals surface area contributed by atoms with E-state index in [0.29, 0.717) is 0 Å². The molecule has 1 aromatic heterocycles. The van der Waals surface area contributed by atoms with Crippen molar-refractivity contribution in [2.45, 2.75) is 43.5 Å². The van der Waals surface area contributed by atoms with E-state index in [1.54, 1.807) is 23.1 Å². The van der Waals surface area contributed by atoms with Gasteiger partial charge in [0.25, 0.3) is 0 Å². The van der Waals surface area contributed by atoms with Gasteiger partial charge < -0.3 is 5.73 Å². The predicted molar refractivity (Wildman–Crippen MR) is 94.7 cm³/mol. The Morgan fingerprint density at radius 3 is 2.67 bits per heavy atom. The van der Waals surface area contributed by atoms with E-state index in [4.69, 9.17) is 22.3 Å². The fourth-order valence-electron chi connectivity index (χ4n) is 1.79. The van der Waals surface area contributed by atoms with E-state index in [2.05, 4.69) is 26.2 Å². The first kappa shape index (κ1) is 16.8. The topological polar surface area (TPSA) is 38.9 Å². The molecule has 0 spiro atoms. The molecule has 5 heteroatoms. The van der Waals surface area contributed by atoms with Crippen molar-refractivity contribution in [3.63, 3.8) is 0 Å². The molecule has 114 valence electrons. The molecule has 2 rings (SSSR count). The Hall–Kier alpha value is -0.550. The van der Waals surface area contributed by atoms with Crippen molar-refractivity contribution >= 4 is 34.7 Å². The Morgan fingerprint density at radius 1 is 1.33 bits per heavy atom. The van der Waals surface area contributed by atoms with E-state index in [-0.39, 0.29) is 11.5 Å². The van der Waals surface area contributed by atoms with Gasteiger partial charge in [-0.25, -0.2) is 4.98 Å². The normalized spacial score (nSPS) is 13.4. The second kappa shape index (κ2) is 7.14. The fourth-order valence-corrected chi connectivity index (χ4v) is 4.10. The van der Waals surface area contributed by atoms with Crippen LogP contribution >= 0.6 is 34.7 Å². The van der Waals surface area contributed by atoms with Crippen LogP contribution in [0.25, 0.3) is 0 Å². The second-order valence-electron chi connectivity index (χ2n) is 6.08. The van der Waals surface area contributed by atoms with Crippen molar-refractivity contribution in [3.05, 3.63) is 45.4 Å². The van der Waals surface area contributed by atoms with Gasteiger partial charge in [0.2, 0.25) is 0 Å². The van der Waals surface area contributed by atoms with Gasteiger partial charge in [-0.05, 0) is 12.1 Å². The lowest BCUT2D eigenvalue weighted by Gasteiger charge is -2.14. The molecular formula is C16H21ClN2S2. The van der Waals surface area contributed by atoms with Crippen LogP contribution in [0, 0.1) is 0 Å². The van der Waals surface area contributed by atoms with Crippen LogP contribution in [0.1, 0.15) is 31.5 Å². The lowest BCUT2D eigenvalue weighted by molar-refractivity contribution is 0.569. The number of benzene rings is 1. The van der Waals surface area contributed by atoms with Crippen LogP contribution in [0.4, 0.5) is 0 Å². The molecular weight excluding hydrogens is 320 g/mol. The lowest BCUT2D eigenvalue weighted by Crippen LogP contribution is -2.25. The first-order valence-electron chi connectivity index (χ1n) is 6.94. The maximum Gasteiger partial charge on any atom is 0.0944 e. The van der Waals surface area contributed by atoms with E-state index in [0.717, 1.165) is 32.8 Å². The summed E-state index contributed by atoms with van der Waals surface area (Å²) in [6.07, 6.45) is 0.818. The average molecular weight is 341 g/mol. The van der Waals surface area contributed by atoms with Gasteiger partial charge in [0.15, 0.2) is 0 Å². The van der Waals surface area contributed by atoms with Crippen LogP contribution in [0.2, 0.25) is 5.02 Å². The number of hydrogen-bond acceptors (Lipinski definition) is 4. The molecule has 2 aromatic rings. The van der Waals surface area contributed by atoms with Gasteiger partial charge in [-0.2, -0.15) is 0 Å². The molecule has 1 aromatic carbocycles. The first-order valence-corrected chi connectivity index (χ1v) is 9.18. The highest BCUT2D eigenvalue weighted by atomic mass is 35.5. The lowest BCUT2D eigenvalue weighted by atomic mass is 9.93. The Kier molecular flexibility index (Phi) is 5.72. The third-order valence-electron chi connectivity index (χ3n) is 3.05. The van der Waals surface area contributed by atoms with E-state index in [1.807, 2.05) is 24.3 Å². The van der Waals surface area contributed by atoms with E-state index >= 15 is 0 Å². The molecule has 0 aliphatic heterocycles. The van der Waals surface area contributed by atoms with Crippen LogP contribution in [-0.2, 0) is 11.8 Å². The number of thioether (sulfide) groups is 1. The maximum absolute atomic E-state index is 6.22. The summed E-state index contributed by atoms with van der Waals surface area (Å²) in [6, 6.07) is 7.96. The summed E-state index contributed by atoms with van der Waals surface area (Å²) in [5, 5.41) is 4.05. The largest absolute Gasteiger partial charge is 0.327 e. The summed E-state index contributed by atoms with van der Waals surface area (Å²) in [4.78, 5) is 5.78. The monoisotopic (exact) mass is 340 g/mol. The van der Waals surface area contributed by atoms with Gasteiger partial charge in [0, 0.05) is 33.9 Å². The van der Waals surface area contributed by atoms with Crippen LogP contribution in [0.15, 0.2) is 34.5 Å². The quantitative estimate of drug-likeness (QED) is 0.798. The molecule has 0 amide bonds. The van der Waals surface area contributed by atoms with Gasteiger partial charge in [-0.15, -0.1) is 23.1 Å². The highest BCUT2D eigenvalue weighted by molar-refractivity contribution is 7.99. The summed E-state index contributed by atoms with van der Waals surface area (Å²) in [5.41, 5.74) is 7.47. The Bertz CT molecular complexity index is 590. The molecule has 2 nitrogen and oxygen atoms in total. The van der Waals surface area contributed by atoms with Crippen molar-refractivity contribution in [2.24, 2.45) is 5.73 Å². The molecule has 0 saturated heterocycles. The molecule has 1 unspecified atom stereocenters. The number of nitrogens with zero attached hydrogens (tertiary/aromatic N) is 1. The minimum Gasteiger partial charge on any atom is -0.327 e. The van der Waals surface area contributed by atoms with Crippen LogP contribution < -0.4 is 5.73 Å². The van der Waals surface area contributed by atoms with Crippen molar-refractivity contribution < 1.29 is 0 Å². The highest BCUT2D eigenvalue weighted by Crippen LogP contribution is 2.28. The van der Waals surface area contributed by atoms with Crippen molar-refractivity contribution in [2.75, 3.05) is 5.75 Å². The number of hydrogen-bond donors (Lipinski definition) is 1. The molecule has 2 N–H and O–H groups in total. The molecule has 1 heterocycles. The van der Waals surface area contributed by atoms with Crippen LogP contribution in [-0.4, -0.2) is 16.8 Å². The molecule has 0 radical (unpaired) electrons. The van der Waals surface area contributed by atoms with E-state index in [9.17, 15) is 0 Å². The van der Waals surface area contributed by atoms with Gasteiger partial charge in [-0.1, -0.05) is 44.5 Å². The second-order valence-corrected chi connectivity index (χ2v) is 8.49. The van der Waals surface area contributed by atoms with Crippen LogP contribution in [0.5, 0.6) is 0 Å². The van der Waals surface area contributed by atoms with E-state index < -0.39 is 0 Å². The Labute approximate surface area is 140 Å². The first-order chi connectivity index (χ1) is 9.86. The fraction of sp³-hybridized carbons (Fsp3) is 0.438. The Morgan fingerprint density at radius 2 is 2.05 bits per heavy atom. The van der Waals surface area contributed by atoms with E-state index in [1.165, 1.54) is 0 Å². The zero-order valence-electron chi connectivity index (χ0n) is 12.6. The minimum atomic E-state index is 0.0882. The smallest absolute Gasteiger partial charge is 0.0944 e. The zero-order valence-corrected chi connectivity index (χ0v) is 15.0. The standard InChI is InChI=1S/C16H21ClN2S2/c1-16(2,3)14-10-21-15(19-14)8-11(18)9-20-13-7-5-4-6-12(13)17/h4-7,10-11H,8-9,18H2,1-3H3. The highest BCUT2D eigenvalue weighted by Gasteiger charge is 2.18. The van der Waals surface area contributed by atoms with Crippen molar-refractivity contribution in [3.8, 4) is 0 Å². The summed E-state index contributed by atoms with van der Waals surface area (Å²) in [7, 11) is 0. The summed E-state index contributed by atoms with van der Waals surface area (Å²) < 4.78 is 0. The summed E-state index contributed by atoms with van der Waals surface area (Å²) in [5.74, 6) is 0.841. The number of thiazole rings is 1. The van der Waals surface area contributed by atoms with Gasteiger partial charge >= 0.3 is 0 Å². The molecule has 0 aliphatic rings. The molecule has 0 aliphatic carbocycles. The number of aromatic nitrogens is 1. The number of nitrogens with two attached hydrogens (primary N) is 1. The molecule has 21 heavy (non-hydrogen) atoms. The average Bonchev–Trinajstić information content (AvgIpc) is 2.86. The Balaban J connectivity index is 1.89. The third kappa shape index (κ3) is 4.99. The zero-order chi connectivity index (χ0) is 15.5. The van der Waals surface area contributed by atoms with Crippen molar-refractivity contribution in [1.29, 1.82) is 0 Å².